The van der Waals surface area contributed by atoms with Crippen molar-refractivity contribution in [1.29, 1.82) is 0 Å². The molecule has 2 atom stereocenters. The van der Waals surface area contributed by atoms with Crippen molar-refractivity contribution in [3.05, 3.63) is 11.1 Å². The molecule has 0 aromatic carbocycles. The minimum absolute atomic E-state index is 0.173. The summed E-state index contributed by atoms with van der Waals surface area (Å²) in [5.74, 6) is -1.94. The number of nitrogens with zero attached hydrogens (tertiary/aromatic N) is 1. The zero-order chi connectivity index (χ0) is 14.3. The molecule has 108 valence electrons. The minimum atomic E-state index is -1.06. The highest BCUT2D eigenvalue weighted by Gasteiger charge is 2.43. The Morgan fingerprint density at radius 1 is 1.00 bits per heavy atom. The number of hydrogen-bond acceptors (Lipinski definition) is 4. The van der Waals surface area contributed by atoms with Gasteiger partial charge in [0.2, 0.25) is 0 Å². The lowest BCUT2D eigenvalue weighted by Gasteiger charge is -2.34. The summed E-state index contributed by atoms with van der Waals surface area (Å²) in [5, 5.41) is 11.0. The minimum Gasteiger partial charge on any atom is -0.550 e. The Morgan fingerprint density at radius 2 is 1.60 bits per heavy atom. The lowest BCUT2D eigenvalue weighted by atomic mass is 9.85. The number of carboxylic acid groups (broad SMARTS) is 1. The molecule has 5 nitrogen and oxygen atoms in total. The summed E-state index contributed by atoms with van der Waals surface area (Å²) >= 11 is 0. The van der Waals surface area contributed by atoms with E-state index in [4.69, 9.17) is 0 Å². The number of imide groups is 1. The molecule has 1 fully saturated rings. The van der Waals surface area contributed by atoms with Gasteiger partial charge in [0.1, 0.15) is 0 Å². The molecule has 2 aliphatic carbocycles. The molecule has 2 unspecified atom stereocenters. The molecule has 3 aliphatic rings. The molecule has 0 saturated heterocycles. The third-order valence-electron chi connectivity index (χ3n) is 4.77. The van der Waals surface area contributed by atoms with E-state index < -0.39 is 11.9 Å². The fraction of sp³-hybridized carbons (Fsp3) is 0.667. The number of carboxylic acids is 1. The first-order chi connectivity index (χ1) is 9.59. The maximum absolute atomic E-state index is 12.4. The van der Waals surface area contributed by atoms with Crippen LogP contribution in [-0.2, 0) is 14.4 Å². The van der Waals surface area contributed by atoms with Gasteiger partial charge in [-0.25, -0.2) is 0 Å². The molecular weight excluding hydrogens is 258 g/mol. The molecular formula is C15H18NO4-. The van der Waals surface area contributed by atoms with Crippen molar-refractivity contribution in [2.24, 2.45) is 5.92 Å². The SMILES string of the molecule is O=C([O-])C1CCCC(N2C(=O)C3=C(CCCC3)C2=O)C1. The maximum Gasteiger partial charge on any atom is 0.257 e. The Kier molecular flexibility index (Phi) is 3.36. The van der Waals surface area contributed by atoms with Crippen molar-refractivity contribution >= 4 is 17.8 Å². The average molecular weight is 276 g/mol. The highest BCUT2D eigenvalue weighted by molar-refractivity contribution is 6.19. The summed E-state index contributed by atoms with van der Waals surface area (Å²) in [4.78, 5) is 37.2. The Hall–Kier alpha value is -1.65. The Balaban J connectivity index is 1.80. The van der Waals surface area contributed by atoms with E-state index in [0.29, 0.717) is 43.3 Å². The predicted molar refractivity (Wildman–Crippen MR) is 68.1 cm³/mol. The number of carbonyl (C=O) groups is 3. The summed E-state index contributed by atoms with van der Waals surface area (Å²) in [5.41, 5.74) is 1.36. The van der Waals surface area contributed by atoms with Gasteiger partial charge in [-0.1, -0.05) is 6.42 Å². The van der Waals surface area contributed by atoms with Crippen LogP contribution in [0.1, 0.15) is 51.4 Å². The van der Waals surface area contributed by atoms with E-state index in [-0.39, 0.29) is 17.9 Å². The van der Waals surface area contributed by atoms with Crippen LogP contribution < -0.4 is 5.11 Å². The molecule has 0 bridgehead atoms. The first-order valence-corrected chi connectivity index (χ1v) is 7.40. The number of amides is 2. The van der Waals surface area contributed by atoms with E-state index in [9.17, 15) is 19.5 Å². The molecule has 0 radical (unpaired) electrons. The zero-order valence-corrected chi connectivity index (χ0v) is 11.4. The van der Waals surface area contributed by atoms with E-state index in [2.05, 4.69) is 0 Å². The number of hydrogen-bond donors (Lipinski definition) is 0. The first kappa shape index (κ1) is 13.3. The molecule has 0 aromatic heterocycles. The summed E-state index contributed by atoms with van der Waals surface area (Å²) in [7, 11) is 0. The molecule has 20 heavy (non-hydrogen) atoms. The van der Waals surface area contributed by atoms with Crippen LogP contribution in [0.3, 0.4) is 0 Å². The number of aliphatic carboxylic acids is 1. The third kappa shape index (κ3) is 2.05. The van der Waals surface area contributed by atoms with E-state index >= 15 is 0 Å². The van der Waals surface area contributed by atoms with E-state index in [1.165, 1.54) is 4.90 Å². The van der Waals surface area contributed by atoms with Gasteiger partial charge in [0.05, 0.1) is 0 Å². The molecule has 1 saturated carbocycles. The fourth-order valence-corrected chi connectivity index (χ4v) is 3.70. The second-order valence-electron chi connectivity index (χ2n) is 5.98. The summed E-state index contributed by atoms with van der Waals surface area (Å²) in [6.45, 7) is 0. The summed E-state index contributed by atoms with van der Waals surface area (Å²) < 4.78 is 0. The quantitative estimate of drug-likeness (QED) is 0.689. The maximum atomic E-state index is 12.4. The van der Waals surface area contributed by atoms with Gasteiger partial charge in [0, 0.05) is 29.1 Å². The average Bonchev–Trinajstić information content (AvgIpc) is 2.72. The van der Waals surface area contributed by atoms with Gasteiger partial charge in [0.15, 0.2) is 0 Å². The Labute approximate surface area is 117 Å². The van der Waals surface area contributed by atoms with E-state index in [1.807, 2.05) is 0 Å². The second kappa shape index (κ2) is 5.04. The highest BCUT2D eigenvalue weighted by Crippen LogP contribution is 2.37. The van der Waals surface area contributed by atoms with Crippen molar-refractivity contribution in [3.63, 3.8) is 0 Å². The van der Waals surface area contributed by atoms with Gasteiger partial charge in [-0.15, -0.1) is 0 Å². The van der Waals surface area contributed by atoms with Crippen LogP contribution in [0.5, 0.6) is 0 Å². The molecule has 5 heteroatoms. The zero-order valence-electron chi connectivity index (χ0n) is 11.4. The molecule has 1 heterocycles. The lowest BCUT2D eigenvalue weighted by molar-refractivity contribution is -0.312. The lowest BCUT2D eigenvalue weighted by Crippen LogP contribution is -2.46. The molecule has 2 amide bonds. The fourth-order valence-electron chi connectivity index (χ4n) is 3.70. The topological polar surface area (TPSA) is 77.5 Å². The van der Waals surface area contributed by atoms with Gasteiger partial charge < -0.3 is 9.90 Å². The summed E-state index contributed by atoms with van der Waals surface area (Å²) in [6.07, 6.45) is 5.66. The predicted octanol–water partition coefficient (Wildman–Crippen LogP) is 0.534. The third-order valence-corrected chi connectivity index (χ3v) is 4.77. The van der Waals surface area contributed by atoms with E-state index in [1.54, 1.807) is 0 Å². The Bertz CT molecular complexity index is 480. The number of rotatable bonds is 2. The molecule has 0 aromatic rings. The van der Waals surface area contributed by atoms with Crippen LogP contribution in [0.25, 0.3) is 0 Å². The molecule has 1 aliphatic heterocycles. The van der Waals surface area contributed by atoms with Crippen molar-refractivity contribution in [1.82, 2.24) is 4.90 Å². The standard InChI is InChI=1S/C15H19NO4/c17-13-11-6-1-2-7-12(11)14(18)16(13)10-5-3-4-9(8-10)15(19)20/h9-10H,1-8H2,(H,19,20)/p-1. The van der Waals surface area contributed by atoms with Gasteiger partial charge in [0.25, 0.3) is 11.8 Å². The van der Waals surface area contributed by atoms with Crippen LogP contribution in [0.2, 0.25) is 0 Å². The van der Waals surface area contributed by atoms with Gasteiger partial charge in [-0.2, -0.15) is 0 Å². The van der Waals surface area contributed by atoms with Crippen LogP contribution in [0.4, 0.5) is 0 Å². The van der Waals surface area contributed by atoms with Crippen LogP contribution >= 0.6 is 0 Å². The van der Waals surface area contributed by atoms with Crippen molar-refractivity contribution in [3.8, 4) is 0 Å². The van der Waals surface area contributed by atoms with Crippen molar-refractivity contribution < 1.29 is 19.5 Å². The van der Waals surface area contributed by atoms with Gasteiger partial charge in [-0.05, 0) is 44.9 Å². The Morgan fingerprint density at radius 3 is 2.15 bits per heavy atom. The molecule has 0 spiro atoms. The van der Waals surface area contributed by atoms with Crippen LogP contribution in [-0.4, -0.2) is 28.7 Å². The largest absolute Gasteiger partial charge is 0.550 e. The van der Waals surface area contributed by atoms with Crippen molar-refractivity contribution in [2.75, 3.05) is 0 Å². The van der Waals surface area contributed by atoms with Crippen LogP contribution in [0, 0.1) is 5.92 Å². The first-order valence-electron chi connectivity index (χ1n) is 7.40. The van der Waals surface area contributed by atoms with Crippen molar-refractivity contribution in [2.45, 2.75) is 57.4 Å². The summed E-state index contributed by atoms with van der Waals surface area (Å²) in [6, 6.07) is -0.266. The normalized spacial score (nSPS) is 30.7. The van der Waals surface area contributed by atoms with Gasteiger partial charge >= 0.3 is 0 Å². The van der Waals surface area contributed by atoms with Crippen LogP contribution in [0.15, 0.2) is 11.1 Å². The molecule has 3 rings (SSSR count). The van der Waals surface area contributed by atoms with Gasteiger partial charge in [-0.3, -0.25) is 14.5 Å². The molecule has 0 N–H and O–H groups in total. The smallest absolute Gasteiger partial charge is 0.257 e. The number of carbonyl (C=O) groups excluding carboxylic acids is 3. The second-order valence-corrected chi connectivity index (χ2v) is 5.98. The highest BCUT2D eigenvalue weighted by atomic mass is 16.4. The van der Waals surface area contributed by atoms with E-state index in [0.717, 1.165) is 19.3 Å². The monoisotopic (exact) mass is 276 g/mol.